The molecule has 0 saturated heterocycles. The normalized spacial score (nSPS) is 12.0. The molecule has 0 saturated carbocycles. The van der Waals surface area contributed by atoms with Crippen LogP contribution in [-0.2, 0) is 5.41 Å². The lowest BCUT2D eigenvalue weighted by atomic mass is 9.87. The minimum Gasteiger partial charge on any atom is -0.329 e. The van der Waals surface area contributed by atoms with E-state index in [1.165, 1.54) is 5.56 Å². The Balaban J connectivity index is 2.19. The lowest BCUT2D eigenvalue weighted by molar-refractivity contribution is 0.590. The Morgan fingerprint density at radius 2 is 1.76 bits per heavy atom. The van der Waals surface area contributed by atoms with Gasteiger partial charge in [0.25, 0.3) is 0 Å². The number of nitrogens with zero attached hydrogens (tertiary/aromatic N) is 2. The molecule has 0 unspecified atom stereocenters. The summed E-state index contributed by atoms with van der Waals surface area (Å²) in [4.78, 5) is 7.73. The van der Waals surface area contributed by atoms with E-state index in [4.69, 9.17) is 12.2 Å². The van der Waals surface area contributed by atoms with E-state index in [2.05, 4.69) is 61.9 Å². The van der Waals surface area contributed by atoms with Crippen LogP contribution in [-0.4, -0.2) is 14.5 Å². The number of imidazole rings is 1. The predicted molar refractivity (Wildman–Crippen MR) is 89.7 cm³/mol. The van der Waals surface area contributed by atoms with Crippen LogP contribution in [0.5, 0.6) is 0 Å². The minimum atomic E-state index is 0.148. The van der Waals surface area contributed by atoms with Gasteiger partial charge >= 0.3 is 0 Å². The van der Waals surface area contributed by atoms with Crippen molar-refractivity contribution in [2.75, 3.05) is 0 Å². The third kappa shape index (κ3) is 2.40. The van der Waals surface area contributed by atoms with Gasteiger partial charge in [-0.1, -0.05) is 32.9 Å². The molecule has 1 N–H and O–H groups in total. The van der Waals surface area contributed by atoms with Gasteiger partial charge < -0.3 is 4.98 Å². The summed E-state index contributed by atoms with van der Waals surface area (Å²) in [5.74, 6) is 0. The molecule has 0 aliphatic carbocycles. The number of benzene rings is 1. The Hall–Kier alpha value is -1.94. The Labute approximate surface area is 129 Å². The Morgan fingerprint density at radius 1 is 1.10 bits per heavy atom. The van der Waals surface area contributed by atoms with Crippen molar-refractivity contribution < 1.29 is 0 Å². The van der Waals surface area contributed by atoms with E-state index in [1.54, 1.807) is 0 Å². The highest BCUT2D eigenvalue weighted by Gasteiger charge is 2.14. The highest BCUT2D eigenvalue weighted by molar-refractivity contribution is 7.71. The van der Waals surface area contributed by atoms with E-state index in [9.17, 15) is 0 Å². The third-order valence-corrected chi connectivity index (χ3v) is 4.06. The molecule has 3 nitrogen and oxygen atoms in total. The topological polar surface area (TPSA) is 33.6 Å². The van der Waals surface area contributed by atoms with Crippen LogP contribution in [0.15, 0.2) is 36.5 Å². The van der Waals surface area contributed by atoms with Crippen LogP contribution in [0.3, 0.4) is 0 Å². The summed E-state index contributed by atoms with van der Waals surface area (Å²) in [7, 11) is 0. The minimum absolute atomic E-state index is 0.148. The van der Waals surface area contributed by atoms with Crippen LogP contribution in [0, 0.1) is 11.7 Å². The monoisotopic (exact) mass is 297 g/mol. The molecule has 0 bridgehead atoms. The van der Waals surface area contributed by atoms with E-state index in [1.807, 2.05) is 16.8 Å². The highest BCUT2D eigenvalue weighted by atomic mass is 32.1. The Morgan fingerprint density at radius 3 is 2.38 bits per heavy atom. The van der Waals surface area contributed by atoms with Gasteiger partial charge in [-0.3, -0.25) is 4.57 Å². The van der Waals surface area contributed by atoms with Crippen molar-refractivity contribution in [3.05, 3.63) is 52.4 Å². The fraction of sp³-hybridized carbons (Fsp3) is 0.294. The molecule has 0 aliphatic rings. The molecular weight excluding hydrogens is 278 g/mol. The fourth-order valence-corrected chi connectivity index (χ4v) is 2.77. The second-order valence-electron chi connectivity index (χ2n) is 6.39. The molecule has 2 heterocycles. The fourth-order valence-electron chi connectivity index (χ4n) is 2.48. The number of pyridine rings is 1. The molecule has 0 spiro atoms. The van der Waals surface area contributed by atoms with Crippen molar-refractivity contribution in [2.45, 2.75) is 33.1 Å². The van der Waals surface area contributed by atoms with Crippen LogP contribution in [0.1, 0.15) is 31.9 Å². The number of fused-ring (bicyclic) bond motifs is 1. The first-order valence-electron chi connectivity index (χ1n) is 7.05. The second-order valence-corrected chi connectivity index (χ2v) is 6.78. The molecule has 0 fully saturated rings. The molecule has 4 heteroatoms. The van der Waals surface area contributed by atoms with E-state index in [0.717, 1.165) is 22.4 Å². The van der Waals surface area contributed by atoms with Crippen LogP contribution >= 0.6 is 12.2 Å². The molecule has 2 aromatic heterocycles. The quantitative estimate of drug-likeness (QED) is 0.661. The second kappa shape index (κ2) is 4.81. The van der Waals surface area contributed by atoms with Crippen LogP contribution in [0.4, 0.5) is 0 Å². The van der Waals surface area contributed by atoms with E-state index < -0.39 is 0 Å². The summed E-state index contributed by atoms with van der Waals surface area (Å²) < 4.78 is 2.67. The average molecular weight is 297 g/mol. The van der Waals surface area contributed by atoms with Crippen molar-refractivity contribution in [3.63, 3.8) is 0 Å². The molecular formula is C17H19N3S. The molecule has 0 atom stereocenters. The number of aromatic nitrogens is 3. The summed E-state index contributed by atoms with van der Waals surface area (Å²) >= 11 is 5.47. The molecule has 3 aromatic rings. The molecule has 21 heavy (non-hydrogen) atoms. The molecule has 0 radical (unpaired) electrons. The Bertz CT molecular complexity index is 848. The maximum Gasteiger partial charge on any atom is 0.184 e. The summed E-state index contributed by atoms with van der Waals surface area (Å²) in [5.41, 5.74) is 5.52. The zero-order chi connectivity index (χ0) is 15.2. The third-order valence-electron chi connectivity index (χ3n) is 3.78. The lowest BCUT2D eigenvalue weighted by Crippen LogP contribution is -2.10. The maximum atomic E-state index is 5.47. The first-order valence-corrected chi connectivity index (χ1v) is 7.46. The van der Waals surface area contributed by atoms with Gasteiger partial charge in [0, 0.05) is 11.9 Å². The zero-order valence-electron chi connectivity index (χ0n) is 12.8. The zero-order valence-corrected chi connectivity index (χ0v) is 13.6. The maximum absolute atomic E-state index is 5.47. The molecule has 1 aromatic carbocycles. The van der Waals surface area contributed by atoms with Crippen LogP contribution in [0.25, 0.3) is 16.9 Å². The Kier molecular flexibility index (Phi) is 3.21. The smallest absolute Gasteiger partial charge is 0.184 e. The molecule has 3 rings (SSSR count). The van der Waals surface area contributed by atoms with Gasteiger partial charge in [-0.2, -0.15) is 0 Å². The van der Waals surface area contributed by atoms with Crippen molar-refractivity contribution in [1.82, 2.24) is 14.5 Å². The van der Waals surface area contributed by atoms with Gasteiger partial charge in [0.1, 0.15) is 0 Å². The predicted octanol–water partition coefficient (Wildman–Crippen LogP) is 4.69. The number of aromatic amines is 1. The number of nitrogens with one attached hydrogen (secondary N) is 1. The van der Waals surface area contributed by atoms with Crippen molar-refractivity contribution in [1.29, 1.82) is 0 Å². The summed E-state index contributed by atoms with van der Waals surface area (Å²) in [5, 5.41) is 0. The summed E-state index contributed by atoms with van der Waals surface area (Å²) in [6.45, 7) is 8.70. The highest BCUT2D eigenvalue weighted by Crippen LogP contribution is 2.25. The van der Waals surface area contributed by atoms with E-state index >= 15 is 0 Å². The van der Waals surface area contributed by atoms with Gasteiger partial charge in [0.2, 0.25) is 0 Å². The number of rotatable bonds is 1. The molecule has 108 valence electrons. The van der Waals surface area contributed by atoms with Gasteiger partial charge in [0.15, 0.2) is 10.4 Å². The first kappa shape index (κ1) is 14.0. The van der Waals surface area contributed by atoms with Gasteiger partial charge in [0.05, 0.1) is 5.52 Å². The van der Waals surface area contributed by atoms with Crippen molar-refractivity contribution >= 4 is 23.4 Å². The van der Waals surface area contributed by atoms with Crippen molar-refractivity contribution in [2.24, 2.45) is 0 Å². The standard InChI is InChI=1S/C17H19N3S/c1-11-9-10-18-15-14(11)19-16(21)20(15)13-7-5-12(6-8-13)17(2,3)4/h5-10H,1-4H3,(H,19,21). The summed E-state index contributed by atoms with van der Waals surface area (Å²) in [6, 6.07) is 10.5. The number of H-pyrrole nitrogens is 1. The largest absolute Gasteiger partial charge is 0.329 e. The van der Waals surface area contributed by atoms with Crippen LogP contribution < -0.4 is 0 Å². The summed E-state index contributed by atoms with van der Waals surface area (Å²) in [6.07, 6.45) is 1.82. The van der Waals surface area contributed by atoms with E-state index in [0.29, 0.717) is 4.77 Å². The molecule has 0 amide bonds. The van der Waals surface area contributed by atoms with Gasteiger partial charge in [-0.25, -0.2) is 4.98 Å². The van der Waals surface area contributed by atoms with Crippen molar-refractivity contribution in [3.8, 4) is 5.69 Å². The lowest BCUT2D eigenvalue weighted by Gasteiger charge is -2.19. The first-order chi connectivity index (χ1) is 9.88. The SMILES string of the molecule is Cc1ccnc2c1[nH]c(=S)n2-c1ccc(C(C)(C)C)cc1. The van der Waals surface area contributed by atoms with Gasteiger partial charge in [-0.15, -0.1) is 0 Å². The van der Waals surface area contributed by atoms with E-state index in [-0.39, 0.29) is 5.41 Å². The number of hydrogen-bond acceptors (Lipinski definition) is 2. The van der Waals surface area contributed by atoms with Crippen LogP contribution in [0.2, 0.25) is 0 Å². The number of hydrogen-bond donors (Lipinski definition) is 1. The van der Waals surface area contributed by atoms with Gasteiger partial charge in [-0.05, 0) is 53.9 Å². The average Bonchev–Trinajstić information content (AvgIpc) is 2.76. The number of aryl methyl sites for hydroxylation is 1. The molecule has 0 aliphatic heterocycles.